The highest BCUT2D eigenvalue weighted by Gasteiger charge is 2.39. The number of hydrogen-bond acceptors (Lipinski definition) is 6. The molecule has 3 N–H and O–H groups in total. The molecule has 1 aliphatic rings. The molecule has 7 heteroatoms. The molecule has 0 saturated carbocycles. The second kappa shape index (κ2) is 5.55. The average molecular weight is 268 g/mol. The number of nitrogens with one attached hydrogen (secondary N) is 1. The maximum absolute atomic E-state index is 11.8. The summed E-state index contributed by atoms with van der Waals surface area (Å²) in [6, 6.07) is 0. The van der Waals surface area contributed by atoms with Crippen LogP contribution in [0.25, 0.3) is 0 Å². The maximum Gasteiger partial charge on any atom is 0.336 e. The molecule has 1 aliphatic heterocycles. The minimum Gasteiger partial charge on any atom is -0.466 e. The molecule has 104 valence electrons. The number of hydrogen-bond donors (Lipinski definition) is 2. The third kappa shape index (κ3) is 2.59. The number of rotatable bonds is 3. The molecule has 0 aliphatic carbocycles. The van der Waals surface area contributed by atoms with Gasteiger partial charge in [-0.05, 0) is 13.8 Å². The monoisotopic (exact) mass is 268 g/mol. The lowest BCUT2D eigenvalue weighted by atomic mass is 9.85. The highest BCUT2D eigenvalue weighted by molar-refractivity contribution is 6.06. The van der Waals surface area contributed by atoms with Crippen molar-refractivity contribution < 1.29 is 23.9 Å². The van der Waals surface area contributed by atoms with Gasteiger partial charge in [0.2, 0.25) is 5.91 Å². The van der Waals surface area contributed by atoms with Crippen molar-refractivity contribution in [1.82, 2.24) is 5.32 Å². The number of nitrogens with two attached hydrogens (primary N) is 1. The summed E-state index contributed by atoms with van der Waals surface area (Å²) < 4.78 is 9.24. The number of methoxy groups -OCH3 is 2. The normalized spacial score (nSPS) is 16.0. The van der Waals surface area contributed by atoms with E-state index in [-0.39, 0.29) is 11.1 Å². The third-order valence-corrected chi connectivity index (χ3v) is 2.86. The summed E-state index contributed by atoms with van der Waals surface area (Å²) in [6.45, 7) is 3.19. The van der Waals surface area contributed by atoms with Crippen molar-refractivity contribution in [2.24, 2.45) is 11.7 Å². The average Bonchev–Trinajstić information content (AvgIpc) is 2.36. The highest BCUT2D eigenvalue weighted by atomic mass is 16.5. The minimum atomic E-state index is -1.18. The predicted molar refractivity (Wildman–Crippen MR) is 65.3 cm³/mol. The van der Waals surface area contributed by atoms with Gasteiger partial charge in [-0.1, -0.05) is 0 Å². The van der Waals surface area contributed by atoms with Crippen LogP contribution in [0, 0.1) is 5.92 Å². The molecule has 1 heterocycles. The summed E-state index contributed by atoms with van der Waals surface area (Å²) in [5.74, 6) is -3.44. The molecule has 0 aromatic carbocycles. The van der Waals surface area contributed by atoms with Crippen LogP contribution in [0.5, 0.6) is 0 Å². The molecular formula is C12H16N2O5. The van der Waals surface area contributed by atoms with Gasteiger partial charge in [0.25, 0.3) is 0 Å². The van der Waals surface area contributed by atoms with E-state index in [1.165, 1.54) is 14.2 Å². The van der Waals surface area contributed by atoms with Crippen LogP contribution < -0.4 is 11.1 Å². The topological polar surface area (TPSA) is 108 Å². The van der Waals surface area contributed by atoms with Crippen molar-refractivity contribution in [2.75, 3.05) is 14.2 Å². The second-order valence-electron chi connectivity index (χ2n) is 4.02. The first-order chi connectivity index (χ1) is 8.84. The maximum atomic E-state index is 11.8. The van der Waals surface area contributed by atoms with E-state index in [4.69, 9.17) is 5.73 Å². The summed E-state index contributed by atoms with van der Waals surface area (Å²) >= 11 is 0. The fourth-order valence-corrected chi connectivity index (χ4v) is 2.04. The zero-order chi connectivity index (χ0) is 14.7. The van der Waals surface area contributed by atoms with Crippen molar-refractivity contribution in [3.8, 4) is 0 Å². The van der Waals surface area contributed by atoms with Gasteiger partial charge in [0.15, 0.2) is 0 Å². The molecule has 1 amide bonds. The predicted octanol–water partition coefficient (Wildman–Crippen LogP) is -0.415. The van der Waals surface area contributed by atoms with Crippen molar-refractivity contribution >= 4 is 17.8 Å². The van der Waals surface area contributed by atoms with Gasteiger partial charge in [-0.2, -0.15) is 0 Å². The van der Waals surface area contributed by atoms with E-state index in [1.54, 1.807) is 13.8 Å². The SMILES string of the molecule is COC(=O)C1=C(C)NC(C)=C(C(=O)OC)C1C(N)=O. The van der Waals surface area contributed by atoms with Crippen molar-refractivity contribution in [1.29, 1.82) is 0 Å². The van der Waals surface area contributed by atoms with Gasteiger partial charge in [-0.3, -0.25) is 4.79 Å². The zero-order valence-corrected chi connectivity index (χ0v) is 11.2. The molecule has 0 spiro atoms. The van der Waals surface area contributed by atoms with E-state index >= 15 is 0 Å². The molecule has 19 heavy (non-hydrogen) atoms. The molecule has 1 rings (SSSR count). The van der Waals surface area contributed by atoms with Crippen molar-refractivity contribution in [3.05, 3.63) is 22.5 Å². The van der Waals surface area contributed by atoms with Crippen LogP contribution in [-0.2, 0) is 23.9 Å². The van der Waals surface area contributed by atoms with Gasteiger partial charge in [0, 0.05) is 11.4 Å². The Kier molecular flexibility index (Phi) is 4.31. The largest absolute Gasteiger partial charge is 0.466 e. The third-order valence-electron chi connectivity index (χ3n) is 2.86. The van der Waals surface area contributed by atoms with Crippen LogP contribution in [0.15, 0.2) is 22.5 Å². The van der Waals surface area contributed by atoms with Crippen LogP contribution in [0.4, 0.5) is 0 Å². The lowest BCUT2D eigenvalue weighted by Crippen LogP contribution is -2.39. The van der Waals surface area contributed by atoms with E-state index in [9.17, 15) is 14.4 Å². The summed E-state index contributed by atoms with van der Waals surface area (Å²) in [4.78, 5) is 35.1. The number of primary amides is 1. The molecule has 0 saturated heterocycles. The Morgan fingerprint density at radius 3 is 1.63 bits per heavy atom. The van der Waals surface area contributed by atoms with Crippen LogP contribution in [0.2, 0.25) is 0 Å². The second-order valence-corrected chi connectivity index (χ2v) is 4.02. The van der Waals surface area contributed by atoms with E-state index in [0.29, 0.717) is 11.4 Å². The summed E-state index contributed by atoms with van der Waals surface area (Å²) in [6.07, 6.45) is 0. The van der Waals surface area contributed by atoms with E-state index < -0.39 is 23.8 Å². The molecule has 7 nitrogen and oxygen atoms in total. The van der Waals surface area contributed by atoms with Crippen molar-refractivity contribution in [2.45, 2.75) is 13.8 Å². The smallest absolute Gasteiger partial charge is 0.336 e. The van der Waals surface area contributed by atoms with Gasteiger partial charge < -0.3 is 20.5 Å². The molecule has 0 aromatic rings. The number of dihydropyridines is 1. The lowest BCUT2D eigenvalue weighted by molar-refractivity contribution is -0.140. The Morgan fingerprint density at radius 1 is 1.00 bits per heavy atom. The Labute approximate surface area is 110 Å². The first kappa shape index (κ1) is 14.7. The first-order valence-corrected chi connectivity index (χ1v) is 5.49. The molecule has 0 radical (unpaired) electrons. The lowest BCUT2D eigenvalue weighted by Gasteiger charge is -2.27. The quantitative estimate of drug-likeness (QED) is 0.673. The molecule has 0 aromatic heterocycles. The van der Waals surface area contributed by atoms with Crippen LogP contribution in [-0.4, -0.2) is 32.1 Å². The Bertz CT molecular complexity index is 466. The molecule has 0 unspecified atom stereocenters. The number of carbonyl (C=O) groups excluding carboxylic acids is 3. The Hall–Kier alpha value is -2.31. The number of amides is 1. The fourth-order valence-electron chi connectivity index (χ4n) is 2.04. The summed E-state index contributed by atoms with van der Waals surface area (Å²) in [5.41, 5.74) is 6.17. The van der Waals surface area contributed by atoms with Crippen molar-refractivity contribution in [3.63, 3.8) is 0 Å². The van der Waals surface area contributed by atoms with E-state index in [0.717, 1.165) is 0 Å². The van der Waals surface area contributed by atoms with Crippen LogP contribution >= 0.6 is 0 Å². The fraction of sp³-hybridized carbons (Fsp3) is 0.417. The summed E-state index contributed by atoms with van der Waals surface area (Å²) in [7, 11) is 2.37. The Morgan fingerprint density at radius 2 is 1.37 bits per heavy atom. The minimum absolute atomic E-state index is 0.0148. The number of allylic oxidation sites excluding steroid dienone is 2. The zero-order valence-electron chi connectivity index (χ0n) is 11.2. The standard InChI is InChI=1S/C12H16N2O5/c1-5-7(11(16)18-3)9(10(13)15)8(6(2)14-5)12(17)19-4/h9,14H,1-4H3,(H2,13,15). The summed E-state index contributed by atoms with van der Waals surface area (Å²) in [5, 5.41) is 2.84. The number of esters is 2. The van der Waals surface area contributed by atoms with Gasteiger partial charge in [0.1, 0.15) is 5.92 Å². The van der Waals surface area contributed by atoms with Crippen LogP contribution in [0.3, 0.4) is 0 Å². The molecule has 0 bridgehead atoms. The molecule has 0 fully saturated rings. The molecule has 0 atom stereocenters. The van der Waals surface area contributed by atoms with Gasteiger partial charge >= 0.3 is 11.9 Å². The molecular weight excluding hydrogens is 252 g/mol. The Balaban J connectivity index is 3.42. The van der Waals surface area contributed by atoms with E-state index in [2.05, 4.69) is 14.8 Å². The number of carbonyl (C=O) groups is 3. The first-order valence-electron chi connectivity index (χ1n) is 5.49. The van der Waals surface area contributed by atoms with Crippen LogP contribution in [0.1, 0.15) is 13.8 Å². The highest BCUT2D eigenvalue weighted by Crippen LogP contribution is 2.30. The van der Waals surface area contributed by atoms with E-state index in [1.807, 2.05) is 0 Å². The van der Waals surface area contributed by atoms with Gasteiger partial charge in [0.05, 0.1) is 25.4 Å². The van der Waals surface area contributed by atoms with Gasteiger partial charge in [-0.25, -0.2) is 9.59 Å². The number of ether oxygens (including phenoxy) is 2. The van der Waals surface area contributed by atoms with Gasteiger partial charge in [-0.15, -0.1) is 0 Å².